The zero-order chi connectivity index (χ0) is 16.8. The maximum atomic E-state index is 6.30. The standard InChI is InChI=1S/C21H19PS2/c1-24-21(18-11-5-2-6-12-18)17-22(23,19-13-7-3-8-14-19)20-15-9-4-10-16-20/h2-17H,1H3/b21-17+. The zero-order valence-corrected chi connectivity index (χ0v) is 16.0. The normalized spacial score (nSPS) is 12.1. The first-order chi connectivity index (χ1) is 11.7. The summed E-state index contributed by atoms with van der Waals surface area (Å²) in [5, 5.41) is 2.46. The number of hydrogen-bond acceptors (Lipinski definition) is 2. The Labute approximate surface area is 153 Å². The van der Waals surface area contributed by atoms with Gasteiger partial charge in [0.2, 0.25) is 0 Å². The minimum absolute atomic E-state index is 1.23. The molecule has 3 aromatic carbocycles. The summed E-state index contributed by atoms with van der Waals surface area (Å²) in [7, 11) is 0. The van der Waals surface area contributed by atoms with Crippen LogP contribution in [-0.4, -0.2) is 6.26 Å². The molecule has 0 amide bonds. The highest BCUT2D eigenvalue weighted by Gasteiger charge is 2.20. The fourth-order valence-electron chi connectivity index (χ4n) is 2.61. The summed E-state index contributed by atoms with van der Waals surface area (Å²) in [5.74, 6) is 2.33. The molecule has 0 nitrogen and oxygen atoms in total. The highest BCUT2D eigenvalue weighted by molar-refractivity contribution is 8.24. The van der Waals surface area contributed by atoms with Crippen molar-refractivity contribution in [1.82, 2.24) is 0 Å². The van der Waals surface area contributed by atoms with Crippen LogP contribution in [-0.2, 0) is 11.8 Å². The Balaban J connectivity index is 2.19. The predicted molar refractivity (Wildman–Crippen MR) is 114 cm³/mol. The SMILES string of the molecule is CS/C(=C/P(=S)(c1ccccc1)c1ccccc1)c1ccccc1. The molecule has 3 aromatic rings. The van der Waals surface area contributed by atoms with Crippen LogP contribution in [0.25, 0.3) is 4.91 Å². The van der Waals surface area contributed by atoms with Gasteiger partial charge in [0, 0.05) is 10.9 Å². The minimum atomic E-state index is -2.01. The lowest BCUT2D eigenvalue weighted by Crippen LogP contribution is -2.14. The predicted octanol–water partition coefficient (Wildman–Crippen LogP) is 5.48. The van der Waals surface area contributed by atoms with E-state index in [1.165, 1.54) is 21.1 Å². The van der Waals surface area contributed by atoms with Crippen LogP contribution < -0.4 is 10.6 Å². The molecular formula is C21H19PS2. The van der Waals surface area contributed by atoms with Crippen LogP contribution in [0.15, 0.2) is 96.8 Å². The van der Waals surface area contributed by atoms with E-state index in [0.29, 0.717) is 0 Å². The number of thioether (sulfide) groups is 1. The van der Waals surface area contributed by atoms with Crippen molar-refractivity contribution in [2.24, 2.45) is 0 Å². The van der Waals surface area contributed by atoms with Gasteiger partial charge in [-0.2, -0.15) is 0 Å². The zero-order valence-electron chi connectivity index (χ0n) is 13.5. The van der Waals surface area contributed by atoms with Crippen LogP contribution >= 0.6 is 17.8 Å². The second kappa shape index (κ2) is 7.98. The molecule has 3 rings (SSSR count). The Morgan fingerprint density at radius 3 is 1.58 bits per heavy atom. The van der Waals surface area contributed by atoms with Crippen molar-refractivity contribution in [1.29, 1.82) is 0 Å². The van der Waals surface area contributed by atoms with E-state index in [0.717, 1.165) is 0 Å². The van der Waals surface area contributed by atoms with Crippen molar-refractivity contribution < 1.29 is 0 Å². The van der Waals surface area contributed by atoms with E-state index in [-0.39, 0.29) is 0 Å². The molecule has 0 atom stereocenters. The lowest BCUT2D eigenvalue weighted by molar-refractivity contribution is 1.66. The van der Waals surface area contributed by atoms with Crippen molar-refractivity contribution in [2.75, 3.05) is 6.26 Å². The van der Waals surface area contributed by atoms with E-state index in [2.05, 4.69) is 84.9 Å². The number of rotatable bonds is 5. The van der Waals surface area contributed by atoms with Gasteiger partial charge in [-0.25, -0.2) is 0 Å². The lowest BCUT2D eigenvalue weighted by Gasteiger charge is -2.21. The summed E-state index contributed by atoms with van der Waals surface area (Å²) in [4.78, 5) is 1.24. The molecule has 0 aliphatic rings. The third-order valence-electron chi connectivity index (χ3n) is 3.86. The fourth-order valence-corrected chi connectivity index (χ4v) is 7.43. The van der Waals surface area contributed by atoms with E-state index in [4.69, 9.17) is 11.8 Å². The molecule has 0 radical (unpaired) electrons. The van der Waals surface area contributed by atoms with Gasteiger partial charge < -0.3 is 0 Å². The fraction of sp³-hybridized carbons (Fsp3) is 0.0476. The molecule has 24 heavy (non-hydrogen) atoms. The maximum Gasteiger partial charge on any atom is 0.0321 e. The topological polar surface area (TPSA) is 0 Å². The van der Waals surface area contributed by atoms with Gasteiger partial charge in [-0.1, -0.05) is 103 Å². The molecule has 0 saturated carbocycles. The Morgan fingerprint density at radius 1 is 0.750 bits per heavy atom. The molecule has 0 aromatic heterocycles. The molecule has 0 bridgehead atoms. The third-order valence-corrected chi connectivity index (χ3v) is 9.16. The molecule has 0 heterocycles. The van der Waals surface area contributed by atoms with Crippen molar-refractivity contribution >= 4 is 45.1 Å². The van der Waals surface area contributed by atoms with Crippen molar-refractivity contribution in [3.63, 3.8) is 0 Å². The van der Waals surface area contributed by atoms with Gasteiger partial charge in [0.1, 0.15) is 0 Å². The molecule has 0 spiro atoms. The van der Waals surface area contributed by atoms with Crippen LogP contribution in [0.4, 0.5) is 0 Å². The van der Waals surface area contributed by atoms with Crippen LogP contribution in [0, 0.1) is 0 Å². The molecule has 0 unspecified atom stereocenters. The van der Waals surface area contributed by atoms with Crippen molar-refractivity contribution in [2.45, 2.75) is 0 Å². The Hall–Kier alpha value is -1.60. The second-order valence-electron chi connectivity index (χ2n) is 5.39. The Kier molecular flexibility index (Phi) is 5.73. The molecule has 0 aliphatic carbocycles. The monoisotopic (exact) mass is 366 g/mol. The average molecular weight is 366 g/mol. The molecule has 3 heteroatoms. The third kappa shape index (κ3) is 3.72. The molecule has 0 fully saturated rings. The van der Waals surface area contributed by atoms with Crippen LogP contribution in [0.1, 0.15) is 5.56 Å². The first-order valence-electron chi connectivity index (χ1n) is 7.77. The highest BCUT2D eigenvalue weighted by Crippen LogP contribution is 2.49. The van der Waals surface area contributed by atoms with Gasteiger partial charge in [0.25, 0.3) is 0 Å². The van der Waals surface area contributed by atoms with Crippen molar-refractivity contribution in [3.8, 4) is 0 Å². The van der Waals surface area contributed by atoms with Gasteiger partial charge in [-0.3, -0.25) is 0 Å². The molecule has 0 saturated heterocycles. The van der Waals surface area contributed by atoms with Gasteiger partial charge in [0.05, 0.1) is 0 Å². The van der Waals surface area contributed by atoms with Gasteiger partial charge >= 0.3 is 0 Å². The van der Waals surface area contributed by atoms with E-state index in [9.17, 15) is 0 Å². The molecule has 0 N–H and O–H groups in total. The number of benzene rings is 3. The Morgan fingerprint density at radius 2 is 1.17 bits per heavy atom. The second-order valence-corrected chi connectivity index (χ2v) is 10.6. The first kappa shape index (κ1) is 17.2. The smallest absolute Gasteiger partial charge is 0.0321 e. The van der Waals surface area contributed by atoms with Crippen LogP contribution in [0.5, 0.6) is 0 Å². The molecule has 120 valence electrons. The summed E-state index contributed by atoms with van der Waals surface area (Å²) < 4.78 is 0. The highest BCUT2D eigenvalue weighted by atomic mass is 32.4. The first-order valence-corrected chi connectivity index (χ1v) is 11.9. The van der Waals surface area contributed by atoms with Crippen molar-refractivity contribution in [3.05, 3.63) is 102 Å². The Bertz CT molecular complexity index is 813. The average Bonchev–Trinajstić information content (AvgIpc) is 2.68. The van der Waals surface area contributed by atoms with Gasteiger partial charge in [-0.05, 0) is 28.2 Å². The van der Waals surface area contributed by atoms with Crippen LogP contribution in [0.2, 0.25) is 0 Å². The summed E-state index contributed by atoms with van der Waals surface area (Å²) in [6.45, 7) is 0. The summed E-state index contributed by atoms with van der Waals surface area (Å²) in [6.07, 6.45) is 2.12. The quantitative estimate of drug-likeness (QED) is 0.549. The van der Waals surface area contributed by atoms with E-state index >= 15 is 0 Å². The van der Waals surface area contributed by atoms with Gasteiger partial charge in [0.15, 0.2) is 0 Å². The maximum absolute atomic E-state index is 6.30. The van der Waals surface area contributed by atoms with E-state index in [1.807, 2.05) is 18.2 Å². The molecular weight excluding hydrogens is 347 g/mol. The summed E-state index contributed by atoms with van der Waals surface area (Å²) >= 11 is 8.06. The summed E-state index contributed by atoms with van der Waals surface area (Å²) in [6, 6.07) is 29.5. The van der Waals surface area contributed by atoms with Gasteiger partial charge in [-0.15, -0.1) is 11.8 Å². The lowest BCUT2D eigenvalue weighted by atomic mass is 10.2. The van der Waals surface area contributed by atoms with E-state index < -0.39 is 6.04 Å². The van der Waals surface area contributed by atoms with E-state index in [1.54, 1.807) is 11.8 Å². The number of hydrogen-bond donors (Lipinski definition) is 0. The largest absolute Gasteiger partial charge is 0.129 e. The van der Waals surface area contributed by atoms with Crippen LogP contribution in [0.3, 0.4) is 0 Å². The minimum Gasteiger partial charge on any atom is -0.129 e. The summed E-state index contributed by atoms with van der Waals surface area (Å²) in [5.41, 5.74) is 1.23. The molecule has 0 aliphatic heterocycles.